The second-order valence-electron chi connectivity index (χ2n) is 5.07. The maximum absolute atomic E-state index is 10.7. The predicted octanol–water partition coefficient (Wildman–Crippen LogP) is 2.69. The molecule has 0 radical (unpaired) electrons. The molecule has 19 heavy (non-hydrogen) atoms. The standard InChI is InChI=1S/C15H32N2O2/c1-4-7-8-11-17(14-10-15(18)19)13-9-12-16(5-2)6-3/h4-14H2,1-3H3,(H,18,19). The molecular weight excluding hydrogens is 240 g/mol. The lowest BCUT2D eigenvalue weighted by molar-refractivity contribution is -0.137. The highest BCUT2D eigenvalue weighted by molar-refractivity contribution is 5.66. The second kappa shape index (κ2) is 12.4. The molecule has 0 aliphatic carbocycles. The molecule has 0 saturated heterocycles. The zero-order chi connectivity index (χ0) is 14.5. The monoisotopic (exact) mass is 272 g/mol. The molecule has 114 valence electrons. The molecule has 0 aromatic carbocycles. The smallest absolute Gasteiger partial charge is 0.304 e. The SMILES string of the molecule is CCCCCN(CCCN(CC)CC)CCC(=O)O. The minimum absolute atomic E-state index is 0.261. The van der Waals surface area contributed by atoms with E-state index < -0.39 is 5.97 Å². The average molecular weight is 272 g/mol. The Kier molecular flexibility index (Phi) is 12.0. The van der Waals surface area contributed by atoms with Crippen LogP contribution in [0.1, 0.15) is 52.9 Å². The zero-order valence-corrected chi connectivity index (χ0v) is 13.0. The molecule has 0 unspecified atom stereocenters. The van der Waals surface area contributed by atoms with E-state index in [1.54, 1.807) is 0 Å². The first-order valence-corrected chi connectivity index (χ1v) is 7.80. The van der Waals surface area contributed by atoms with Crippen LogP contribution in [0.3, 0.4) is 0 Å². The normalized spacial score (nSPS) is 11.4. The van der Waals surface area contributed by atoms with Crippen LogP contribution in [0.5, 0.6) is 0 Å². The van der Waals surface area contributed by atoms with E-state index in [1.807, 2.05) is 0 Å². The van der Waals surface area contributed by atoms with Crippen molar-refractivity contribution < 1.29 is 9.90 Å². The summed E-state index contributed by atoms with van der Waals surface area (Å²) in [4.78, 5) is 15.4. The summed E-state index contributed by atoms with van der Waals surface area (Å²) in [5.41, 5.74) is 0. The summed E-state index contributed by atoms with van der Waals surface area (Å²) < 4.78 is 0. The fraction of sp³-hybridized carbons (Fsp3) is 0.933. The molecule has 0 atom stereocenters. The first-order chi connectivity index (χ1) is 9.13. The van der Waals surface area contributed by atoms with E-state index in [9.17, 15) is 4.79 Å². The Hall–Kier alpha value is -0.610. The van der Waals surface area contributed by atoms with Gasteiger partial charge in [-0.3, -0.25) is 4.79 Å². The van der Waals surface area contributed by atoms with Crippen molar-refractivity contribution in [2.75, 3.05) is 39.3 Å². The first-order valence-electron chi connectivity index (χ1n) is 7.80. The number of hydrogen-bond donors (Lipinski definition) is 1. The van der Waals surface area contributed by atoms with Gasteiger partial charge in [-0.15, -0.1) is 0 Å². The van der Waals surface area contributed by atoms with E-state index in [0.29, 0.717) is 6.54 Å². The van der Waals surface area contributed by atoms with Gasteiger partial charge in [0.15, 0.2) is 0 Å². The molecule has 0 heterocycles. The molecule has 0 aromatic heterocycles. The minimum Gasteiger partial charge on any atom is -0.481 e. The maximum Gasteiger partial charge on any atom is 0.304 e. The Balaban J connectivity index is 3.91. The number of nitrogens with zero attached hydrogens (tertiary/aromatic N) is 2. The van der Waals surface area contributed by atoms with E-state index in [1.165, 1.54) is 19.3 Å². The summed E-state index contributed by atoms with van der Waals surface area (Å²) in [7, 11) is 0. The predicted molar refractivity (Wildman–Crippen MR) is 80.6 cm³/mol. The number of carbonyl (C=O) groups is 1. The maximum atomic E-state index is 10.7. The molecule has 0 fully saturated rings. The van der Waals surface area contributed by atoms with Gasteiger partial charge in [-0.25, -0.2) is 0 Å². The summed E-state index contributed by atoms with van der Waals surface area (Å²) in [5.74, 6) is -0.691. The zero-order valence-electron chi connectivity index (χ0n) is 13.0. The summed E-state index contributed by atoms with van der Waals surface area (Å²) >= 11 is 0. The van der Waals surface area contributed by atoms with Gasteiger partial charge in [-0.1, -0.05) is 33.6 Å². The van der Waals surface area contributed by atoms with E-state index in [0.717, 1.165) is 39.1 Å². The van der Waals surface area contributed by atoms with Crippen LogP contribution in [0, 0.1) is 0 Å². The molecule has 0 saturated carbocycles. The summed E-state index contributed by atoms with van der Waals surface area (Å²) in [5, 5.41) is 8.79. The minimum atomic E-state index is -0.691. The summed E-state index contributed by atoms with van der Waals surface area (Å²) in [6.45, 7) is 12.6. The Morgan fingerprint density at radius 3 is 1.95 bits per heavy atom. The summed E-state index contributed by atoms with van der Waals surface area (Å²) in [6, 6.07) is 0. The third-order valence-electron chi connectivity index (χ3n) is 3.56. The molecule has 0 bridgehead atoms. The van der Waals surface area contributed by atoms with Crippen molar-refractivity contribution in [3.8, 4) is 0 Å². The van der Waals surface area contributed by atoms with Gasteiger partial charge in [0.1, 0.15) is 0 Å². The van der Waals surface area contributed by atoms with Crippen LogP contribution < -0.4 is 0 Å². The van der Waals surface area contributed by atoms with Crippen molar-refractivity contribution in [3.05, 3.63) is 0 Å². The highest BCUT2D eigenvalue weighted by atomic mass is 16.4. The fourth-order valence-corrected chi connectivity index (χ4v) is 2.23. The molecule has 0 amide bonds. The molecule has 0 spiro atoms. The Labute approximate surface area is 118 Å². The number of rotatable bonds is 13. The van der Waals surface area contributed by atoms with Gasteiger partial charge < -0.3 is 14.9 Å². The Bertz CT molecular complexity index is 218. The van der Waals surface area contributed by atoms with E-state index >= 15 is 0 Å². The number of carboxylic acid groups (broad SMARTS) is 1. The average Bonchev–Trinajstić information content (AvgIpc) is 2.40. The third-order valence-corrected chi connectivity index (χ3v) is 3.56. The number of unbranched alkanes of at least 4 members (excludes halogenated alkanes) is 2. The van der Waals surface area contributed by atoms with Crippen molar-refractivity contribution in [2.45, 2.75) is 52.9 Å². The van der Waals surface area contributed by atoms with E-state index in [4.69, 9.17) is 5.11 Å². The van der Waals surface area contributed by atoms with Gasteiger partial charge in [0.2, 0.25) is 0 Å². The highest BCUT2D eigenvalue weighted by Crippen LogP contribution is 2.02. The molecular formula is C15H32N2O2. The lowest BCUT2D eigenvalue weighted by atomic mass is 10.2. The molecule has 4 heteroatoms. The summed E-state index contributed by atoms with van der Waals surface area (Å²) in [6.07, 6.45) is 5.03. The van der Waals surface area contributed by atoms with Gasteiger partial charge in [0.05, 0.1) is 6.42 Å². The van der Waals surface area contributed by atoms with Crippen molar-refractivity contribution in [1.82, 2.24) is 9.80 Å². The van der Waals surface area contributed by atoms with Crippen molar-refractivity contribution in [2.24, 2.45) is 0 Å². The van der Waals surface area contributed by atoms with Crippen LogP contribution >= 0.6 is 0 Å². The molecule has 0 aromatic rings. The molecule has 1 N–H and O–H groups in total. The third kappa shape index (κ3) is 11.0. The fourth-order valence-electron chi connectivity index (χ4n) is 2.23. The molecule has 4 nitrogen and oxygen atoms in total. The lowest BCUT2D eigenvalue weighted by Crippen LogP contribution is -2.32. The van der Waals surface area contributed by atoms with Crippen molar-refractivity contribution in [1.29, 1.82) is 0 Å². The van der Waals surface area contributed by atoms with Crippen molar-refractivity contribution >= 4 is 5.97 Å². The largest absolute Gasteiger partial charge is 0.481 e. The van der Waals surface area contributed by atoms with Crippen LogP contribution in [0.4, 0.5) is 0 Å². The van der Waals surface area contributed by atoms with Crippen molar-refractivity contribution in [3.63, 3.8) is 0 Å². The van der Waals surface area contributed by atoms with Crippen LogP contribution in [0.2, 0.25) is 0 Å². The quantitative estimate of drug-likeness (QED) is 0.524. The van der Waals surface area contributed by atoms with E-state index in [-0.39, 0.29) is 6.42 Å². The lowest BCUT2D eigenvalue weighted by Gasteiger charge is -2.24. The van der Waals surface area contributed by atoms with E-state index in [2.05, 4.69) is 30.6 Å². The first kappa shape index (κ1) is 18.4. The van der Waals surface area contributed by atoms with Crippen LogP contribution in [-0.4, -0.2) is 60.1 Å². The number of carboxylic acids is 1. The molecule has 0 aliphatic heterocycles. The van der Waals surface area contributed by atoms with Crippen LogP contribution in [0.15, 0.2) is 0 Å². The number of hydrogen-bond acceptors (Lipinski definition) is 3. The van der Waals surface area contributed by atoms with Gasteiger partial charge in [-0.2, -0.15) is 0 Å². The number of aliphatic carboxylic acids is 1. The van der Waals surface area contributed by atoms with Gasteiger partial charge in [0, 0.05) is 6.54 Å². The van der Waals surface area contributed by atoms with Crippen LogP contribution in [-0.2, 0) is 4.79 Å². The second-order valence-corrected chi connectivity index (χ2v) is 5.07. The van der Waals surface area contributed by atoms with Gasteiger partial charge in [-0.05, 0) is 45.6 Å². The molecule has 0 rings (SSSR count). The Morgan fingerprint density at radius 1 is 0.842 bits per heavy atom. The highest BCUT2D eigenvalue weighted by Gasteiger charge is 2.08. The Morgan fingerprint density at radius 2 is 1.42 bits per heavy atom. The molecule has 0 aliphatic rings. The van der Waals surface area contributed by atoms with Gasteiger partial charge >= 0.3 is 5.97 Å². The van der Waals surface area contributed by atoms with Gasteiger partial charge in [0.25, 0.3) is 0 Å². The topological polar surface area (TPSA) is 43.8 Å². The van der Waals surface area contributed by atoms with Crippen LogP contribution in [0.25, 0.3) is 0 Å².